The molecule has 0 saturated carbocycles. The molecule has 3 rings (SSSR count). The lowest BCUT2D eigenvalue weighted by molar-refractivity contribution is -0.115. The van der Waals surface area contributed by atoms with Crippen molar-refractivity contribution in [2.75, 3.05) is 11.1 Å². The maximum absolute atomic E-state index is 13.0. The Morgan fingerprint density at radius 3 is 2.75 bits per heavy atom. The second-order valence-corrected chi connectivity index (χ2v) is 6.74. The number of hydrogen-bond acceptors (Lipinski definition) is 3. The van der Waals surface area contributed by atoms with Gasteiger partial charge in [-0.15, -0.1) is 11.8 Å². The second kappa shape index (κ2) is 7.05. The van der Waals surface area contributed by atoms with E-state index in [0.29, 0.717) is 17.7 Å². The van der Waals surface area contributed by atoms with E-state index in [0.717, 1.165) is 16.2 Å². The van der Waals surface area contributed by atoms with Gasteiger partial charge in [-0.25, -0.2) is 4.39 Å². The van der Waals surface area contributed by atoms with Crippen LogP contribution in [0, 0.1) is 5.82 Å². The molecule has 0 aromatic heterocycles. The van der Waals surface area contributed by atoms with E-state index < -0.39 is 0 Å². The number of benzene rings is 2. The van der Waals surface area contributed by atoms with Crippen LogP contribution in [0.1, 0.15) is 35.3 Å². The first-order valence-electron chi connectivity index (χ1n) is 7.66. The summed E-state index contributed by atoms with van der Waals surface area (Å²) in [5, 5.41) is 5.71. The van der Waals surface area contributed by atoms with Crippen molar-refractivity contribution in [3.8, 4) is 0 Å². The first-order valence-corrected chi connectivity index (χ1v) is 8.64. The van der Waals surface area contributed by atoms with Crippen molar-refractivity contribution >= 4 is 29.3 Å². The van der Waals surface area contributed by atoms with Crippen LogP contribution in [0.5, 0.6) is 0 Å². The average Bonchev–Trinajstić information content (AvgIpc) is 2.75. The maximum Gasteiger partial charge on any atom is 0.251 e. The predicted octanol–water partition coefficient (Wildman–Crippen LogP) is 3.75. The number of fused-ring (bicyclic) bond motifs is 1. The summed E-state index contributed by atoms with van der Waals surface area (Å²) in [5.74, 6) is 0.138. The molecule has 0 bridgehead atoms. The number of halogens is 1. The number of amides is 2. The third-order valence-corrected chi connectivity index (χ3v) is 4.90. The molecule has 1 aliphatic heterocycles. The number of carbonyl (C=O) groups excluding carboxylic acids is 2. The molecular weight excluding hydrogens is 327 g/mol. The Balaban J connectivity index is 1.75. The van der Waals surface area contributed by atoms with Crippen molar-refractivity contribution in [1.82, 2.24) is 5.32 Å². The summed E-state index contributed by atoms with van der Waals surface area (Å²) >= 11 is 1.60. The summed E-state index contributed by atoms with van der Waals surface area (Å²) in [4.78, 5) is 25.1. The highest BCUT2D eigenvalue weighted by Gasteiger charge is 2.17. The van der Waals surface area contributed by atoms with Crippen molar-refractivity contribution in [2.24, 2.45) is 0 Å². The monoisotopic (exact) mass is 344 g/mol. The van der Waals surface area contributed by atoms with Crippen LogP contribution < -0.4 is 10.6 Å². The van der Waals surface area contributed by atoms with E-state index in [4.69, 9.17) is 0 Å². The fraction of sp³-hybridized carbons (Fsp3) is 0.222. The number of rotatable bonds is 3. The minimum Gasteiger partial charge on any atom is -0.346 e. The number of hydrogen-bond donors (Lipinski definition) is 2. The lowest BCUT2D eigenvalue weighted by Crippen LogP contribution is -2.26. The number of carbonyl (C=O) groups is 2. The first-order chi connectivity index (χ1) is 11.5. The molecule has 124 valence electrons. The number of anilines is 1. The van der Waals surface area contributed by atoms with Crippen LogP contribution in [0.4, 0.5) is 10.1 Å². The fourth-order valence-electron chi connectivity index (χ4n) is 2.48. The van der Waals surface area contributed by atoms with Gasteiger partial charge in [0.2, 0.25) is 5.91 Å². The summed E-state index contributed by atoms with van der Waals surface area (Å²) in [6.45, 7) is 1.84. The van der Waals surface area contributed by atoms with Crippen LogP contribution in [-0.4, -0.2) is 17.6 Å². The summed E-state index contributed by atoms with van der Waals surface area (Å²) < 4.78 is 13.0. The summed E-state index contributed by atoms with van der Waals surface area (Å²) in [6.07, 6.45) is 0.461. The topological polar surface area (TPSA) is 58.2 Å². The van der Waals surface area contributed by atoms with Gasteiger partial charge >= 0.3 is 0 Å². The van der Waals surface area contributed by atoms with Gasteiger partial charge in [0.25, 0.3) is 5.91 Å². The van der Waals surface area contributed by atoms with Gasteiger partial charge in [0.1, 0.15) is 5.82 Å². The normalized spacial score (nSPS) is 15.0. The van der Waals surface area contributed by atoms with Crippen LogP contribution in [0.2, 0.25) is 0 Å². The Kier molecular flexibility index (Phi) is 4.85. The van der Waals surface area contributed by atoms with Gasteiger partial charge in [-0.3, -0.25) is 9.59 Å². The van der Waals surface area contributed by atoms with Gasteiger partial charge in [0, 0.05) is 22.6 Å². The van der Waals surface area contributed by atoms with Gasteiger partial charge in [-0.1, -0.05) is 12.1 Å². The highest BCUT2D eigenvalue weighted by atomic mass is 32.2. The molecule has 24 heavy (non-hydrogen) atoms. The third kappa shape index (κ3) is 3.76. The highest BCUT2D eigenvalue weighted by molar-refractivity contribution is 7.99. The Morgan fingerprint density at radius 1 is 1.25 bits per heavy atom. The largest absolute Gasteiger partial charge is 0.346 e. The molecule has 1 heterocycles. The Morgan fingerprint density at radius 2 is 2.00 bits per heavy atom. The van der Waals surface area contributed by atoms with Gasteiger partial charge in [-0.05, 0) is 42.8 Å². The second-order valence-electron chi connectivity index (χ2n) is 5.60. The molecule has 1 unspecified atom stereocenters. The van der Waals surface area contributed by atoms with E-state index in [1.54, 1.807) is 36.0 Å². The highest BCUT2D eigenvalue weighted by Crippen LogP contribution is 2.31. The summed E-state index contributed by atoms with van der Waals surface area (Å²) in [5.41, 5.74) is 1.97. The third-order valence-electron chi connectivity index (χ3n) is 3.82. The summed E-state index contributed by atoms with van der Waals surface area (Å²) in [7, 11) is 0. The van der Waals surface area contributed by atoms with Crippen molar-refractivity contribution in [3.63, 3.8) is 0 Å². The molecule has 2 N–H and O–H groups in total. The maximum atomic E-state index is 13.0. The number of thioether (sulfide) groups is 1. The SMILES string of the molecule is CC(NC(=O)c1ccc2c(c1)NC(=O)CCS2)c1ccc(F)cc1. The van der Waals surface area contributed by atoms with Crippen LogP contribution in [-0.2, 0) is 4.79 Å². The smallest absolute Gasteiger partial charge is 0.251 e. The van der Waals surface area contributed by atoms with Gasteiger partial charge < -0.3 is 10.6 Å². The van der Waals surface area contributed by atoms with Crippen molar-refractivity contribution in [2.45, 2.75) is 24.3 Å². The minimum atomic E-state index is -0.309. The Bertz CT molecular complexity index is 777. The van der Waals surface area contributed by atoms with Crippen LogP contribution in [0.15, 0.2) is 47.4 Å². The molecule has 4 nitrogen and oxygen atoms in total. The van der Waals surface area contributed by atoms with E-state index >= 15 is 0 Å². The quantitative estimate of drug-likeness (QED) is 0.891. The van der Waals surface area contributed by atoms with Gasteiger partial charge in [-0.2, -0.15) is 0 Å². The molecule has 1 atom stereocenters. The zero-order chi connectivity index (χ0) is 17.1. The van der Waals surface area contributed by atoms with Crippen molar-refractivity contribution in [3.05, 3.63) is 59.4 Å². The van der Waals surface area contributed by atoms with E-state index in [1.807, 2.05) is 13.0 Å². The van der Waals surface area contributed by atoms with Crippen LogP contribution in [0.3, 0.4) is 0 Å². The van der Waals surface area contributed by atoms with Crippen molar-refractivity contribution < 1.29 is 14.0 Å². The summed E-state index contributed by atoms with van der Waals surface area (Å²) in [6, 6.07) is 11.1. The standard InChI is InChI=1S/C18H17FN2O2S/c1-11(12-2-5-14(19)6-3-12)20-18(23)13-4-7-16-15(10-13)21-17(22)8-9-24-16/h2-7,10-11H,8-9H2,1H3,(H,20,23)(H,21,22). The lowest BCUT2D eigenvalue weighted by Gasteiger charge is -2.15. The molecule has 2 aromatic rings. The molecule has 0 fully saturated rings. The molecule has 0 radical (unpaired) electrons. The molecule has 0 aliphatic carbocycles. The fourth-order valence-corrected chi connectivity index (χ4v) is 3.41. The van der Waals surface area contributed by atoms with E-state index in [2.05, 4.69) is 10.6 Å². The lowest BCUT2D eigenvalue weighted by atomic mass is 10.1. The average molecular weight is 344 g/mol. The Hall–Kier alpha value is -2.34. The first kappa shape index (κ1) is 16.5. The van der Waals surface area contributed by atoms with E-state index in [9.17, 15) is 14.0 Å². The van der Waals surface area contributed by atoms with E-state index in [1.165, 1.54) is 12.1 Å². The zero-order valence-electron chi connectivity index (χ0n) is 13.1. The number of nitrogens with one attached hydrogen (secondary N) is 2. The van der Waals surface area contributed by atoms with Crippen LogP contribution >= 0.6 is 11.8 Å². The van der Waals surface area contributed by atoms with Crippen LogP contribution in [0.25, 0.3) is 0 Å². The minimum absolute atomic E-state index is 0.0431. The molecule has 0 saturated heterocycles. The molecule has 2 aromatic carbocycles. The Labute approximate surface area is 143 Å². The molecule has 6 heteroatoms. The molecule has 1 aliphatic rings. The predicted molar refractivity (Wildman–Crippen MR) is 92.7 cm³/mol. The zero-order valence-corrected chi connectivity index (χ0v) is 14.0. The molecular formula is C18H17FN2O2S. The van der Waals surface area contributed by atoms with E-state index in [-0.39, 0.29) is 23.7 Å². The molecule has 0 spiro atoms. The van der Waals surface area contributed by atoms with Gasteiger partial charge in [0.15, 0.2) is 0 Å². The van der Waals surface area contributed by atoms with Gasteiger partial charge in [0.05, 0.1) is 11.7 Å². The molecule has 2 amide bonds. The van der Waals surface area contributed by atoms with Crippen molar-refractivity contribution in [1.29, 1.82) is 0 Å².